The van der Waals surface area contributed by atoms with Gasteiger partial charge in [-0.25, -0.2) is 0 Å². The van der Waals surface area contributed by atoms with Gasteiger partial charge < -0.3 is 5.32 Å². The topological polar surface area (TPSA) is 12.0 Å². The highest BCUT2D eigenvalue weighted by atomic mass is 14.9. The molecule has 0 aliphatic rings. The van der Waals surface area contributed by atoms with E-state index in [1.807, 2.05) is 0 Å². The Bertz CT molecular complexity index is 275. The average molecular weight is 205 g/mol. The van der Waals surface area contributed by atoms with E-state index in [9.17, 15) is 0 Å². The zero-order valence-corrected chi connectivity index (χ0v) is 10.4. The summed E-state index contributed by atoms with van der Waals surface area (Å²) in [6.07, 6.45) is 1.13. The molecule has 0 spiro atoms. The van der Waals surface area contributed by atoms with Crippen LogP contribution in [0.4, 0.5) is 0 Å². The fourth-order valence-electron chi connectivity index (χ4n) is 1.69. The highest BCUT2D eigenvalue weighted by Gasteiger charge is 2.18. The Balaban J connectivity index is 2.49. The molecule has 0 aliphatic carbocycles. The molecule has 15 heavy (non-hydrogen) atoms. The van der Waals surface area contributed by atoms with E-state index in [0.29, 0.717) is 11.5 Å². The lowest BCUT2D eigenvalue weighted by Gasteiger charge is -2.26. The van der Waals surface area contributed by atoms with Crippen molar-refractivity contribution in [1.29, 1.82) is 0 Å². The molecule has 0 saturated carbocycles. The molecular weight excluding hydrogens is 182 g/mol. The minimum Gasteiger partial charge on any atom is -0.314 e. The largest absolute Gasteiger partial charge is 0.314 e. The van der Waals surface area contributed by atoms with Gasteiger partial charge in [-0.05, 0) is 17.4 Å². The SMILES string of the molecule is CC(C)NCC(C)(C)Cc1ccccc1. The third-order valence-electron chi connectivity index (χ3n) is 2.51. The zero-order valence-electron chi connectivity index (χ0n) is 10.4. The lowest BCUT2D eigenvalue weighted by molar-refractivity contribution is 0.326. The Labute approximate surface area is 93.9 Å². The van der Waals surface area contributed by atoms with Gasteiger partial charge >= 0.3 is 0 Å². The monoisotopic (exact) mass is 205 g/mol. The normalized spacial score (nSPS) is 12.1. The summed E-state index contributed by atoms with van der Waals surface area (Å²) in [5.74, 6) is 0. The van der Waals surface area contributed by atoms with Crippen molar-refractivity contribution in [2.24, 2.45) is 5.41 Å². The van der Waals surface area contributed by atoms with Crippen LogP contribution in [0.3, 0.4) is 0 Å². The van der Waals surface area contributed by atoms with Crippen molar-refractivity contribution < 1.29 is 0 Å². The molecule has 0 amide bonds. The van der Waals surface area contributed by atoms with Crippen LogP contribution in [0.1, 0.15) is 33.3 Å². The molecule has 84 valence electrons. The van der Waals surface area contributed by atoms with Gasteiger partial charge in [0, 0.05) is 12.6 Å². The molecule has 0 bridgehead atoms. The van der Waals surface area contributed by atoms with Crippen LogP contribution in [0.2, 0.25) is 0 Å². The van der Waals surface area contributed by atoms with Gasteiger partial charge in [-0.15, -0.1) is 0 Å². The molecular formula is C14H23N. The Morgan fingerprint density at radius 3 is 2.27 bits per heavy atom. The number of hydrogen-bond donors (Lipinski definition) is 1. The quantitative estimate of drug-likeness (QED) is 0.778. The third kappa shape index (κ3) is 4.98. The zero-order chi connectivity index (χ0) is 11.3. The number of nitrogens with one attached hydrogen (secondary N) is 1. The van der Waals surface area contributed by atoms with Crippen LogP contribution in [-0.2, 0) is 6.42 Å². The highest BCUT2D eigenvalue weighted by Crippen LogP contribution is 2.20. The Kier molecular flexibility index (Phi) is 4.34. The lowest BCUT2D eigenvalue weighted by atomic mass is 9.85. The van der Waals surface area contributed by atoms with Crippen molar-refractivity contribution in [2.75, 3.05) is 6.54 Å². The third-order valence-corrected chi connectivity index (χ3v) is 2.51. The van der Waals surface area contributed by atoms with Crippen molar-refractivity contribution in [3.63, 3.8) is 0 Å². The molecule has 0 heterocycles. The molecule has 1 aromatic carbocycles. The van der Waals surface area contributed by atoms with E-state index in [1.54, 1.807) is 0 Å². The molecule has 1 heteroatoms. The number of hydrogen-bond acceptors (Lipinski definition) is 1. The maximum atomic E-state index is 3.51. The second-order valence-electron chi connectivity index (χ2n) is 5.36. The summed E-state index contributed by atoms with van der Waals surface area (Å²) in [7, 11) is 0. The second kappa shape index (κ2) is 5.32. The predicted octanol–water partition coefficient (Wildman–Crippen LogP) is 3.25. The molecule has 0 aliphatic heterocycles. The summed E-state index contributed by atoms with van der Waals surface area (Å²) in [5.41, 5.74) is 1.75. The molecule has 1 N–H and O–H groups in total. The van der Waals surface area contributed by atoms with Crippen molar-refractivity contribution in [2.45, 2.75) is 40.2 Å². The molecule has 1 rings (SSSR count). The Morgan fingerprint density at radius 2 is 1.73 bits per heavy atom. The standard InChI is InChI=1S/C14H23N/c1-12(2)15-11-14(3,4)10-13-8-6-5-7-9-13/h5-9,12,15H,10-11H2,1-4H3. The minimum absolute atomic E-state index is 0.325. The highest BCUT2D eigenvalue weighted by molar-refractivity contribution is 5.16. The summed E-state index contributed by atoms with van der Waals surface area (Å²) in [4.78, 5) is 0. The van der Waals surface area contributed by atoms with Crippen molar-refractivity contribution in [3.05, 3.63) is 35.9 Å². The molecule has 1 aromatic rings. The van der Waals surface area contributed by atoms with Crippen LogP contribution in [0.5, 0.6) is 0 Å². The van der Waals surface area contributed by atoms with E-state index in [-0.39, 0.29) is 0 Å². The van der Waals surface area contributed by atoms with Crippen LogP contribution in [0.25, 0.3) is 0 Å². The van der Waals surface area contributed by atoms with E-state index >= 15 is 0 Å². The molecule has 0 saturated heterocycles. The number of benzene rings is 1. The molecule has 0 unspecified atom stereocenters. The van der Waals surface area contributed by atoms with Gasteiger partial charge in [0.25, 0.3) is 0 Å². The van der Waals surface area contributed by atoms with E-state index in [0.717, 1.165) is 13.0 Å². The summed E-state index contributed by atoms with van der Waals surface area (Å²) in [6, 6.07) is 11.3. The molecule has 0 fully saturated rings. The Hall–Kier alpha value is -0.820. The van der Waals surface area contributed by atoms with Crippen LogP contribution >= 0.6 is 0 Å². The van der Waals surface area contributed by atoms with Crippen LogP contribution in [0, 0.1) is 5.41 Å². The second-order valence-corrected chi connectivity index (χ2v) is 5.36. The Morgan fingerprint density at radius 1 is 1.13 bits per heavy atom. The maximum Gasteiger partial charge on any atom is 0.00106 e. The number of rotatable bonds is 5. The van der Waals surface area contributed by atoms with E-state index in [1.165, 1.54) is 5.56 Å². The first-order valence-corrected chi connectivity index (χ1v) is 5.77. The fourth-order valence-corrected chi connectivity index (χ4v) is 1.69. The summed E-state index contributed by atoms with van der Waals surface area (Å²) < 4.78 is 0. The van der Waals surface area contributed by atoms with Gasteiger partial charge in [0.05, 0.1) is 0 Å². The summed E-state index contributed by atoms with van der Waals surface area (Å²) >= 11 is 0. The maximum absolute atomic E-state index is 3.51. The van der Waals surface area contributed by atoms with E-state index in [4.69, 9.17) is 0 Å². The van der Waals surface area contributed by atoms with Gasteiger partial charge in [0.1, 0.15) is 0 Å². The van der Waals surface area contributed by atoms with Crippen LogP contribution in [-0.4, -0.2) is 12.6 Å². The molecule has 0 radical (unpaired) electrons. The van der Waals surface area contributed by atoms with Crippen molar-refractivity contribution in [1.82, 2.24) is 5.32 Å². The van der Waals surface area contributed by atoms with Crippen molar-refractivity contribution >= 4 is 0 Å². The molecule has 1 nitrogen and oxygen atoms in total. The average Bonchev–Trinajstić information content (AvgIpc) is 2.16. The first-order valence-electron chi connectivity index (χ1n) is 5.77. The molecule has 0 atom stereocenters. The van der Waals surface area contributed by atoms with Gasteiger partial charge in [0.15, 0.2) is 0 Å². The predicted molar refractivity (Wildman–Crippen MR) is 67.1 cm³/mol. The molecule has 0 aromatic heterocycles. The van der Waals surface area contributed by atoms with E-state index in [2.05, 4.69) is 63.3 Å². The van der Waals surface area contributed by atoms with E-state index < -0.39 is 0 Å². The van der Waals surface area contributed by atoms with Gasteiger partial charge in [-0.2, -0.15) is 0 Å². The van der Waals surface area contributed by atoms with Gasteiger partial charge in [-0.1, -0.05) is 58.0 Å². The van der Waals surface area contributed by atoms with Crippen LogP contribution < -0.4 is 5.32 Å². The first kappa shape index (κ1) is 12.3. The van der Waals surface area contributed by atoms with Crippen LogP contribution in [0.15, 0.2) is 30.3 Å². The smallest absolute Gasteiger partial charge is 0.00106 e. The fraction of sp³-hybridized carbons (Fsp3) is 0.571. The lowest BCUT2D eigenvalue weighted by Crippen LogP contribution is -2.35. The minimum atomic E-state index is 0.325. The van der Waals surface area contributed by atoms with Crippen molar-refractivity contribution in [3.8, 4) is 0 Å². The van der Waals surface area contributed by atoms with Gasteiger partial charge in [-0.3, -0.25) is 0 Å². The summed E-state index contributed by atoms with van der Waals surface area (Å²) in [5, 5.41) is 3.51. The van der Waals surface area contributed by atoms with Gasteiger partial charge in [0.2, 0.25) is 0 Å². The first-order chi connectivity index (χ1) is 6.99. The summed E-state index contributed by atoms with van der Waals surface area (Å²) in [6.45, 7) is 10.1.